The zero-order valence-electron chi connectivity index (χ0n) is 15.3. The van der Waals surface area contributed by atoms with Crippen LogP contribution in [0.5, 0.6) is 11.5 Å². The highest BCUT2D eigenvalue weighted by Crippen LogP contribution is 2.34. The molecule has 1 aromatic carbocycles. The molecule has 0 saturated carbocycles. The SMILES string of the molecule is CCC(C)Cc1nc(-c2ccc3c(c2)OCCO3)n(-c2ccnn2C)n1. The highest BCUT2D eigenvalue weighted by atomic mass is 16.6. The molecule has 0 spiro atoms. The summed E-state index contributed by atoms with van der Waals surface area (Å²) in [4.78, 5) is 4.83. The molecule has 0 fully saturated rings. The van der Waals surface area contributed by atoms with Gasteiger partial charge >= 0.3 is 0 Å². The summed E-state index contributed by atoms with van der Waals surface area (Å²) in [6.45, 7) is 5.54. The zero-order chi connectivity index (χ0) is 18.1. The Morgan fingerprint density at radius 1 is 1.15 bits per heavy atom. The lowest BCUT2D eigenvalue weighted by Gasteiger charge is -2.18. The van der Waals surface area contributed by atoms with Crippen molar-refractivity contribution >= 4 is 0 Å². The lowest BCUT2D eigenvalue weighted by Crippen LogP contribution is -2.15. The number of fused-ring (bicyclic) bond motifs is 1. The molecule has 0 N–H and O–H groups in total. The van der Waals surface area contributed by atoms with E-state index in [9.17, 15) is 0 Å². The molecule has 0 radical (unpaired) electrons. The van der Waals surface area contributed by atoms with Crippen molar-refractivity contribution in [2.45, 2.75) is 26.7 Å². The van der Waals surface area contributed by atoms with Crippen LogP contribution in [0.1, 0.15) is 26.1 Å². The van der Waals surface area contributed by atoms with E-state index in [4.69, 9.17) is 19.6 Å². The largest absolute Gasteiger partial charge is 0.486 e. The molecule has 0 amide bonds. The Morgan fingerprint density at radius 3 is 2.69 bits per heavy atom. The Balaban J connectivity index is 1.80. The van der Waals surface area contributed by atoms with Gasteiger partial charge in [-0.05, 0) is 24.1 Å². The van der Waals surface area contributed by atoms with Crippen LogP contribution in [-0.2, 0) is 13.5 Å². The molecule has 0 aliphatic carbocycles. The van der Waals surface area contributed by atoms with Crippen LogP contribution in [0.25, 0.3) is 17.2 Å². The fourth-order valence-electron chi connectivity index (χ4n) is 3.00. The second kappa shape index (κ2) is 6.82. The fourth-order valence-corrected chi connectivity index (χ4v) is 3.00. The van der Waals surface area contributed by atoms with Gasteiger partial charge in [-0.2, -0.15) is 9.78 Å². The highest BCUT2D eigenvalue weighted by molar-refractivity contribution is 5.63. The average molecular weight is 353 g/mol. The first-order valence-corrected chi connectivity index (χ1v) is 9.00. The molecule has 7 nitrogen and oxygen atoms in total. The summed E-state index contributed by atoms with van der Waals surface area (Å²) in [5.74, 6) is 4.54. The second-order valence-corrected chi connectivity index (χ2v) is 6.65. The fraction of sp³-hybridized carbons (Fsp3) is 0.421. The van der Waals surface area contributed by atoms with Gasteiger partial charge in [-0.3, -0.25) is 4.68 Å². The molecule has 7 heteroatoms. The summed E-state index contributed by atoms with van der Waals surface area (Å²) in [5, 5.41) is 9.03. The van der Waals surface area contributed by atoms with Crippen LogP contribution in [0, 0.1) is 5.92 Å². The van der Waals surface area contributed by atoms with Crippen molar-refractivity contribution in [1.82, 2.24) is 24.5 Å². The maximum atomic E-state index is 5.73. The molecule has 2 aromatic heterocycles. The van der Waals surface area contributed by atoms with Gasteiger partial charge in [0, 0.05) is 25.1 Å². The maximum absolute atomic E-state index is 5.73. The van der Waals surface area contributed by atoms with E-state index in [1.54, 1.807) is 10.9 Å². The van der Waals surface area contributed by atoms with Gasteiger partial charge in [-0.1, -0.05) is 20.3 Å². The van der Waals surface area contributed by atoms with Crippen LogP contribution in [-0.4, -0.2) is 37.8 Å². The zero-order valence-corrected chi connectivity index (χ0v) is 15.3. The van der Waals surface area contributed by atoms with Crippen LogP contribution in [0.2, 0.25) is 0 Å². The predicted octanol–water partition coefficient (Wildman–Crippen LogP) is 3.03. The third-order valence-corrected chi connectivity index (χ3v) is 4.69. The summed E-state index contributed by atoms with van der Waals surface area (Å²) in [6.07, 6.45) is 3.71. The van der Waals surface area contributed by atoms with Gasteiger partial charge < -0.3 is 9.47 Å². The van der Waals surface area contributed by atoms with Gasteiger partial charge in [-0.15, -0.1) is 5.10 Å². The highest BCUT2D eigenvalue weighted by Gasteiger charge is 2.19. The number of aromatic nitrogens is 5. The minimum atomic E-state index is 0.533. The number of aryl methyl sites for hydroxylation is 1. The van der Waals surface area contributed by atoms with Gasteiger partial charge in [0.2, 0.25) is 0 Å². The molecule has 136 valence electrons. The summed E-state index contributed by atoms with van der Waals surface area (Å²) in [5.41, 5.74) is 0.943. The molecular formula is C19H23N5O2. The molecule has 1 aliphatic heterocycles. The van der Waals surface area contributed by atoms with Crippen molar-refractivity contribution in [3.05, 3.63) is 36.3 Å². The minimum absolute atomic E-state index is 0.533. The summed E-state index contributed by atoms with van der Waals surface area (Å²) in [6, 6.07) is 7.83. The lowest BCUT2D eigenvalue weighted by atomic mass is 10.1. The van der Waals surface area contributed by atoms with Gasteiger partial charge in [0.25, 0.3) is 0 Å². The normalized spacial score (nSPS) is 14.4. The molecule has 1 aliphatic rings. The van der Waals surface area contributed by atoms with Gasteiger partial charge in [0.15, 0.2) is 29.0 Å². The van der Waals surface area contributed by atoms with Crippen LogP contribution < -0.4 is 9.47 Å². The van der Waals surface area contributed by atoms with E-state index in [0.29, 0.717) is 19.1 Å². The Labute approximate surface area is 152 Å². The smallest absolute Gasteiger partial charge is 0.165 e. The Morgan fingerprint density at radius 2 is 1.96 bits per heavy atom. The first kappa shape index (κ1) is 16.6. The third kappa shape index (κ3) is 3.05. The van der Waals surface area contributed by atoms with Crippen molar-refractivity contribution in [1.29, 1.82) is 0 Å². The topological polar surface area (TPSA) is 67.0 Å². The number of benzene rings is 1. The lowest BCUT2D eigenvalue weighted by molar-refractivity contribution is 0.171. The van der Waals surface area contributed by atoms with E-state index in [1.807, 2.05) is 36.0 Å². The van der Waals surface area contributed by atoms with Crippen LogP contribution in [0.15, 0.2) is 30.5 Å². The molecule has 0 bridgehead atoms. The van der Waals surface area contributed by atoms with Crippen molar-refractivity contribution in [3.8, 4) is 28.7 Å². The summed E-state index contributed by atoms with van der Waals surface area (Å²) >= 11 is 0. The van der Waals surface area contributed by atoms with E-state index in [0.717, 1.165) is 47.4 Å². The molecule has 3 aromatic rings. The summed E-state index contributed by atoms with van der Waals surface area (Å²) < 4.78 is 15.0. The third-order valence-electron chi connectivity index (χ3n) is 4.69. The number of hydrogen-bond acceptors (Lipinski definition) is 5. The Hall–Kier alpha value is -2.83. The maximum Gasteiger partial charge on any atom is 0.165 e. The van der Waals surface area contributed by atoms with Gasteiger partial charge in [-0.25, -0.2) is 4.98 Å². The van der Waals surface area contributed by atoms with Crippen LogP contribution in [0.3, 0.4) is 0 Å². The average Bonchev–Trinajstić information content (AvgIpc) is 3.27. The van der Waals surface area contributed by atoms with Crippen LogP contribution in [0.4, 0.5) is 0 Å². The molecule has 1 unspecified atom stereocenters. The van der Waals surface area contributed by atoms with E-state index in [1.165, 1.54) is 0 Å². The number of rotatable bonds is 5. The van der Waals surface area contributed by atoms with Crippen molar-refractivity contribution in [3.63, 3.8) is 0 Å². The number of hydrogen-bond donors (Lipinski definition) is 0. The monoisotopic (exact) mass is 353 g/mol. The molecule has 3 heterocycles. The van der Waals surface area contributed by atoms with Crippen molar-refractivity contribution in [2.75, 3.05) is 13.2 Å². The van der Waals surface area contributed by atoms with Crippen molar-refractivity contribution < 1.29 is 9.47 Å². The van der Waals surface area contributed by atoms with E-state index >= 15 is 0 Å². The Bertz CT molecular complexity index is 915. The first-order valence-electron chi connectivity index (χ1n) is 9.00. The molecule has 0 saturated heterocycles. The molecular weight excluding hydrogens is 330 g/mol. The van der Waals surface area contributed by atoms with Gasteiger partial charge in [0.05, 0.1) is 6.20 Å². The first-order chi connectivity index (χ1) is 12.7. The van der Waals surface area contributed by atoms with Gasteiger partial charge in [0.1, 0.15) is 13.2 Å². The quantitative estimate of drug-likeness (QED) is 0.705. The van der Waals surface area contributed by atoms with Crippen LogP contribution >= 0.6 is 0 Å². The van der Waals surface area contributed by atoms with E-state index < -0.39 is 0 Å². The number of nitrogens with zero attached hydrogens (tertiary/aromatic N) is 5. The van der Waals surface area contributed by atoms with E-state index in [2.05, 4.69) is 18.9 Å². The predicted molar refractivity (Wildman–Crippen MR) is 97.7 cm³/mol. The molecule has 1 atom stereocenters. The molecule has 26 heavy (non-hydrogen) atoms. The van der Waals surface area contributed by atoms with E-state index in [-0.39, 0.29) is 0 Å². The molecule has 4 rings (SSSR count). The number of ether oxygens (including phenoxy) is 2. The Kier molecular flexibility index (Phi) is 4.36. The standard InChI is InChI=1S/C19H23N5O2/c1-4-13(2)11-17-21-19(24(22-17)18-7-8-20-23(18)3)14-5-6-15-16(12-14)26-10-9-25-15/h5-8,12-13H,4,9-11H2,1-3H3. The second-order valence-electron chi connectivity index (χ2n) is 6.65. The minimum Gasteiger partial charge on any atom is -0.486 e. The van der Waals surface area contributed by atoms with Crippen molar-refractivity contribution in [2.24, 2.45) is 13.0 Å². The summed E-state index contributed by atoms with van der Waals surface area (Å²) in [7, 11) is 1.90.